The fraction of sp³-hybridized carbons (Fsp3) is 0.273. The van der Waals surface area contributed by atoms with Crippen LogP contribution < -0.4 is 5.32 Å². The molecule has 1 aromatic carbocycles. The molecular weight excluding hydrogens is 370 g/mol. The Morgan fingerprint density at radius 2 is 1.87 bits per heavy atom. The molecule has 1 atom stereocenters. The molecule has 0 saturated heterocycles. The van der Waals surface area contributed by atoms with Gasteiger partial charge in [0.2, 0.25) is 0 Å². The lowest BCUT2D eigenvalue weighted by Crippen LogP contribution is -2.34. The lowest BCUT2D eigenvalue weighted by molar-refractivity contribution is 0.471. The second kappa shape index (κ2) is 6.06. The summed E-state index contributed by atoms with van der Waals surface area (Å²) in [6.45, 7) is 0. The van der Waals surface area contributed by atoms with Gasteiger partial charge in [0.25, 0.3) is 20.2 Å². The first-order valence-electron chi connectivity index (χ1n) is 5.96. The molecule has 0 spiro atoms. The van der Waals surface area contributed by atoms with Gasteiger partial charge in [0, 0.05) is 0 Å². The van der Waals surface area contributed by atoms with E-state index in [0.29, 0.717) is 0 Å². The summed E-state index contributed by atoms with van der Waals surface area (Å²) in [7, 11) is -9.14. The van der Waals surface area contributed by atoms with Crippen LogP contribution in [0.25, 0.3) is 0 Å². The Labute approximate surface area is 137 Å². The Hall–Kier alpha value is -1.71. The summed E-state index contributed by atoms with van der Waals surface area (Å²) in [5, 5.41) is 11.1. The van der Waals surface area contributed by atoms with E-state index in [-0.39, 0.29) is 27.8 Å². The van der Waals surface area contributed by atoms with Crippen LogP contribution in [-0.4, -0.2) is 42.8 Å². The molecule has 23 heavy (non-hydrogen) atoms. The zero-order valence-corrected chi connectivity index (χ0v) is 13.6. The summed E-state index contributed by atoms with van der Waals surface area (Å²) in [5.41, 5.74) is 0.456. The molecule has 0 aromatic heterocycles. The average molecular weight is 379 g/mol. The van der Waals surface area contributed by atoms with Gasteiger partial charge in [-0.15, -0.1) is 0 Å². The van der Waals surface area contributed by atoms with Gasteiger partial charge in [0.05, 0.1) is 27.7 Å². The SMILES string of the molecule is N#Cc1cc2c(cc1Cl)[N]C(C(CCS(=O)(=O)O)S(=O)(=O)O)=N2. The topological polar surface area (TPSA) is 159 Å². The van der Waals surface area contributed by atoms with E-state index in [0.717, 1.165) is 0 Å². The summed E-state index contributed by atoms with van der Waals surface area (Å²) in [4.78, 5) is 3.89. The molecule has 1 heterocycles. The number of fused-ring (bicyclic) bond motifs is 1. The molecule has 0 bridgehead atoms. The standard InChI is InChI=1S/C11H9ClN3O6S2/c12-7-4-9-8(3-6(7)5-13)14-11(15-9)10(23(19,20)21)1-2-22(16,17)18/h3-4,10H,1-2H2,(H,16,17,18)(H,19,20,21). The molecule has 9 nitrogen and oxygen atoms in total. The lowest BCUT2D eigenvalue weighted by atomic mass is 10.2. The maximum atomic E-state index is 11.4. The van der Waals surface area contributed by atoms with E-state index in [1.165, 1.54) is 12.1 Å². The van der Waals surface area contributed by atoms with Gasteiger partial charge < -0.3 is 0 Å². The summed E-state index contributed by atoms with van der Waals surface area (Å²) in [5.74, 6) is -1.25. The van der Waals surface area contributed by atoms with Gasteiger partial charge in [-0.1, -0.05) is 11.6 Å². The van der Waals surface area contributed by atoms with E-state index in [1.54, 1.807) is 0 Å². The van der Waals surface area contributed by atoms with Crippen molar-refractivity contribution >= 4 is 49.0 Å². The molecule has 1 radical (unpaired) electrons. The van der Waals surface area contributed by atoms with Crippen LogP contribution in [0.3, 0.4) is 0 Å². The molecule has 1 aliphatic heterocycles. The highest BCUT2D eigenvalue weighted by Gasteiger charge is 2.34. The minimum Gasteiger partial charge on any atom is -0.286 e. The number of halogens is 1. The first-order valence-corrected chi connectivity index (χ1v) is 9.46. The minimum absolute atomic E-state index is 0.0905. The van der Waals surface area contributed by atoms with Crippen LogP contribution in [0.1, 0.15) is 12.0 Å². The number of nitrogens with zero attached hydrogens (tertiary/aromatic N) is 3. The third kappa shape index (κ3) is 4.18. The Morgan fingerprint density at radius 3 is 2.39 bits per heavy atom. The zero-order valence-electron chi connectivity index (χ0n) is 11.2. The summed E-state index contributed by atoms with van der Waals surface area (Å²) < 4.78 is 62.4. The predicted octanol–water partition coefficient (Wildman–Crippen LogP) is 1.03. The Morgan fingerprint density at radius 1 is 1.22 bits per heavy atom. The van der Waals surface area contributed by atoms with E-state index < -0.39 is 37.7 Å². The maximum Gasteiger partial charge on any atom is 0.275 e. The van der Waals surface area contributed by atoms with Gasteiger partial charge in [-0.05, 0) is 18.6 Å². The Balaban J connectivity index is 2.37. The third-order valence-corrected chi connectivity index (χ3v) is 5.17. The number of benzene rings is 1. The molecule has 0 saturated carbocycles. The Kier molecular flexibility index (Phi) is 4.65. The van der Waals surface area contributed by atoms with Crippen LogP contribution in [0.15, 0.2) is 17.1 Å². The second-order valence-electron chi connectivity index (χ2n) is 4.59. The van der Waals surface area contributed by atoms with E-state index >= 15 is 0 Å². The second-order valence-corrected chi connectivity index (χ2v) is 8.17. The van der Waals surface area contributed by atoms with Gasteiger partial charge in [0.15, 0.2) is 0 Å². The summed E-state index contributed by atoms with van der Waals surface area (Å²) in [6.07, 6.45) is -0.632. The van der Waals surface area contributed by atoms with Gasteiger partial charge in [-0.25, -0.2) is 10.3 Å². The fourth-order valence-electron chi connectivity index (χ4n) is 1.90. The first-order chi connectivity index (χ1) is 10.5. The maximum absolute atomic E-state index is 11.4. The number of hydrogen-bond acceptors (Lipinski definition) is 6. The molecule has 0 amide bonds. The van der Waals surface area contributed by atoms with Crippen molar-refractivity contribution in [3.05, 3.63) is 22.7 Å². The van der Waals surface area contributed by atoms with E-state index in [1.807, 2.05) is 6.07 Å². The van der Waals surface area contributed by atoms with Gasteiger partial charge in [0.1, 0.15) is 17.2 Å². The number of nitriles is 1. The molecule has 1 unspecified atom stereocenters. The minimum atomic E-state index is -4.71. The molecule has 1 aromatic rings. The van der Waals surface area contributed by atoms with Crippen molar-refractivity contribution in [1.82, 2.24) is 5.32 Å². The molecule has 1 aliphatic rings. The van der Waals surface area contributed by atoms with Crippen molar-refractivity contribution in [1.29, 1.82) is 5.26 Å². The molecule has 12 heteroatoms. The number of amidine groups is 1. The van der Waals surface area contributed by atoms with Gasteiger partial charge >= 0.3 is 0 Å². The van der Waals surface area contributed by atoms with Crippen molar-refractivity contribution in [2.24, 2.45) is 4.99 Å². The van der Waals surface area contributed by atoms with Gasteiger partial charge in [-0.3, -0.25) is 9.11 Å². The Bertz CT molecular complexity index is 933. The van der Waals surface area contributed by atoms with Crippen molar-refractivity contribution in [2.75, 3.05) is 5.75 Å². The van der Waals surface area contributed by atoms with Crippen LogP contribution in [0, 0.1) is 11.3 Å². The van der Waals surface area contributed by atoms with E-state index in [2.05, 4.69) is 10.3 Å². The summed E-state index contributed by atoms with van der Waals surface area (Å²) >= 11 is 5.83. The molecule has 2 rings (SSSR count). The highest BCUT2D eigenvalue weighted by Crippen LogP contribution is 2.36. The van der Waals surface area contributed by atoms with Crippen LogP contribution in [0.4, 0.5) is 11.4 Å². The quantitative estimate of drug-likeness (QED) is 0.723. The largest absolute Gasteiger partial charge is 0.286 e. The van der Waals surface area contributed by atoms with E-state index in [4.69, 9.17) is 21.4 Å². The van der Waals surface area contributed by atoms with Crippen molar-refractivity contribution in [3.8, 4) is 6.07 Å². The summed E-state index contributed by atoms with van der Waals surface area (Å²) in [6, 6.07) is 4.41. The molecule has 0 aliphatic carbocycles. The molecule has 123 valence electrons. The van der Waals surface area contributed by atoms with Crippen LogP contribution >= 0.6 is 11.6 Å². The van der Waals surface area contributed by atoms with Crippen LogP contribution in [-0.2, 0) is 20.2 Å². The van der Waals surface area contributed by atoms with E-state index in [9.17, 15) is 21.4 Å². The monoisotopic (exact) mass is 378 g/mol. The van der Waals surface area contributed by atoms with Crippen LogP contribution in [0.2, 0.25) is 5.02 Å². The fourth-order valence-corrected chi connectivity index (χ4v) is 3.57. The number of hydrogen-bond donors (Lipinski definition) is 2. The lowest BCUT2D eigenvalue weighted by Gasteiger charge is -2.12. The predicted molar refractivity (Wildman–Crippen MR) is 81.4 cm³/mol. The van der Waals surface area contributed by atoms with Crippen molar-refractivity contribution in [2.45, 2.75) is 11.7 Å². The average Bonchev–Trinajstić information content (AvgIpc) is 2.76. The highest BCUT2D eigenvalue weighted by molar-refractivity contribution is 7.87. The molecule has 0 fully saturated rings. The zero-order chi connectivity index (χ0) is 17.4. The normalized spacial score (nSPS) is 15.3. The number of rotatable bonds is 5. The smallest absolute Gasteiger partial charge is 0.275 e. The highest BCUT2D eigenvalue weighted by atomic mass is 35.5. The van der Waals surface area contributed by atoms with Gasteiger partial charge in [-0.2, -0.15) is 22.1 Å². The third-order valence-electron chi connectivity index (χ3n) is 2.94. The van der Waals surface area contributed by atoms with Crippen molar-refractivity contribution in [3.63, 3.8) is 0 Å². The molecular formula is C11H9ClN3O6S2. The van der Waals surface area contributed by atoms with Crippen molar-refractivity contribution < 1.29 is 25.9 Å². The number of aliphatic imine (C=N–C) groups is 1. The molecule has 2 N–H and O–H groups in total. The first kappa shape index (κ1) is 17.6. The van der Waals surface area contributed by atoms with Crippen LogP contribution in [0.5, 0.6) is 0 Å².